The summed E-state index contributed by atoms with van der Waals surface area (Å²) in [7, 11) is 0. The predicted octanol–water partition coefficient (Wildman–Crippen LogP) is 6.67. The predicted molar refractivity (Wildman–Crippen MR) is 174 cm³/mol. The van der Waals surface area contributed by atoms with E-state index in [0.29, 0.717) is 24.4 Å². The zero-order valence-corrected chi connectivity index (χ0v) is 25.7. The minimum Gasteiger partial charge on any atom is -0.448 e. The summed E-state index contributed by atoms with van der Waals surface area (Å²) in [4.78, 5) is 42.8. The zero-order chi connectivity index (χ0) is 31.3. The summed E-state index contributed by atoms with van der Waals surface area (Å²) in [5, 5.41) is 3.71. The molecular formula is C36H35ClFN3O4. The first-order valence-corrected chi connectivity index (χ1v) is 15.8. The molecule has 0 aliphatic carbocycles. The summed E-state index contributed by atoms with van der Waals surface area (Å²) in [6.07, 6.45) is 6.82. The quantitative estimate of drug-likeness (QED) is 0.221. The molecule has 3 aromatic carbocycles. The van der Waals surface area contributed by atoms with Crippen LogP contribution in [-0.4, -0.2) is 42.4 Å². The molecule has 0 saturated carbocycles. The maximum Gasteiger partial charge on any atom is 0.287 e. The van der Waals surface area contributed by atoms with Gasteiger partial charge >= 0.3 is 0 Å². The van der Waals surface area contributed by atoms with Crippen molar-refractivity contribution in [3.8, 4) is 0 Å². The van der Waals surface area contributed by atoms with E-state index in [1.165, 1.54) is 23.8 Å². The first kappa shape index (κ1) is 30.6. The molecule has 2 fully saturated rings. The van der Waals surface area contributed by atoms with E-state index < -0.39 is 23.2 Å². The second kappa shape index (κ2) is 13.7. The Kier molecular flexibility index (Phi) is 9.31. The number of nitrogens with zero attached hydrogens (tertiary/aromatic N) is 2. The normalized spacial score (nSPS) is 16.1. The molecule has 0 bridgehead atoms. The third-order valence-electron chi connectivity index (χ3n) is 8.57. The molecule has 45 heavy (non-hydrogen) atoms. The van der Waals surface area contributed by atoms with Crippen LogP contribution in [0.15, 0.2) is 93.7 Å². The lowest BCUT2D eigenvalue weighted by Crippen LogP contribution is -2.37. The van der Waals surface area contributed by atoms with E-state index in [1.807, 2.05) is 29.2 Å². The maximum atomic E-state index is 14.4. The smallest absolute Gasteiger partial charge is 0.287 e. The summed E-state index contributed by atoms with van der Waals surface area (Å²) in [5.74, 6) is -1.31. The molecule has 9 heteroatoms. The van der Waals surface area contributed by atoms with E-state index in [2.05, 4.69) is 28.4 Å². The highest BCUT2D eigenvalue weighted by Crippen LogP contribution is 2.29. The van der Waals surface area contributed by atoms with E-state index in [0.717, 1.165) is 68.2 Å². The number of anilines is 1. The Labute approximate surface area is 266 Å². The van der Waals surface area contributed by atoms with Gasteiger partial charge in [-0.05, 0) is 73.6 Å². The second-order valence-electron chi connectivity index (χ2n) is 11.7. The second-order valence-corrected chi connectivity index (χ2v) is 12.2. The van der Waals surface area contributed by atoms with Crippen molar-refractivity contribution >= 4 is 40.1 Å². The Hall–Kier alpha value is -4.43. The number of benzene rings is 3. The highest BCUT2D eigenvalue weighted by Gasteiger charge is 2.23. The fraction of sp³-hybridized carbons (Fsp3) is 0.306. The molecule has 1 N–H and O–H groups in total. The van der Waals surface area contributed by atoms with Crippen molar-refractivity contribution in [3.05, 3.63) is 122 Å². The first-order valence-electron chi connectivity index (χ1n) is 15.4. The van der Waals surface area contributed by atoms with Crippen LogP contribution in [0.1, 0.15) is 53.8 Å². The number of hydrogen-bond donors (Lipinski definition) is 1. The number of amides is 2. The van der Waals surface area contributed by atoms with Gasteiger partial charge in [0.1, 0.15) is 0 Å². The van der Waals surface area contributed by atoms with Crippen LogP contribution in [0.2, 0.25) is 5.02 Å². The van der Waals surface area contributed by atoms with Gasteiger partial charge in [0.15, 0.2) is 22.6 Å². The summed E-state index contributed by atoms with van der Waals surface area (Å²) in [6, 6.07) is 20.5. The van der Waals surface area contributed by atoms with Crippen LogP contribution in [0.3, 0.4) is 0 Å². The highest BCUT2D eigenvalue weighted by atomic mass is 35.5. The van der Waals surface area contributed by atoms with E-state index >= 15 is 0 Å². The van der Waals surface area contributed by atoms with Crippen molar-refractivity contribution < 1.29 is 18.4 Å². The van der Waals surface area contributed by atoms with Gasteiger partial charge < -0.3 is 19.5 Å². The molecule has 2 saturated heterocycles. The largest absolute Gasteiger partial charge is 0.448 e. The van der Waals surface area contributed by atoms with E-state index in [4.69, 9.17) is 16.0 Å². The van der Waals surface area contributed by atoms with Gasteiger partial charge in [-0.3, -0.25) is 14.4 Å². The Morgan fingerprint density at radius 2 is 1.73 bits per heavy atom. The van der Waals surface area contributed by atoms with Gasteiger partial charge in [-0.15, -0.1) is 0 Å². The van der Waals surface area contributed by atoms with Crippen LogP contribution >= 0.6 is 11.6 Å². The van der Waals surface area contributed by atoms with Crippen LogP contribution in [0, 0.1) is 5.82 Å². The molecule has 0 radical (unpaired) electrons. The Morgan fingerprint density at radius 3 is 2.51 bits per heavy atom. The molecule has 3 heterocycles. The number of para-hydroxylation sites is 2. The minimum atomic E-state index is -0.699. The van der Waals surface area contributed by atoms with Crippen molar-refractivity contribution in [3.63, 3.8) is 0 Å². The summed E-state index contributed by atoms with van der Waals surface area (Å²) in [6.45, 7) is 3.03. The van der Waals surface area contributed by atoms with Crippen LogP contribution in [0.5, 0.6) is 0 Å². The standard InChI is InChI=1S/C36H35ClFN3O4/c37-27-13-11-24(12-14-27)20-28(39-36(44)33-22-32(42)29-7-5-8-30(38)35(29)45-33)21-25-15-18-40(19-16-25)31-9-2-1-6-26(31)23-41-17-4-3-10-34(41)43/h1-2,5-9,11-14,21-22,28H,3-4,10,15-20,23H2,(H,39,44). The molecule has 7 nitrogen and oxygen atoms in total. The summed E-state index contributed by atoms with van der Waals surface area (Å²) in [5.41, 5.74) is 3.78. The van der Waals surface area contributed by atoms with Crippen molar-refractivity contribution in [2.24, 2.45) is 0 Å². The minimum absolute atomic E-state index is 0.0854. The summed E-state index contributed by atoms with van der Waals surface area (Å²) < 4.78 is 20.0. The van der Waals surface area contributed by atoms with Crippen molar-refractivity contribution in [1.82, 2.24) is 10.2 Å². The number of hydrogen-bond acceptors (Lipinski definition) is 5. The number of carbonyl (C=O) groups excluding carboxylic acids is 2. The molecular weight excluding hydrogens is 593 g/mol. The van der Waals surface area contributed by atoms with Gasteiger partial charge in [0.05, 0.1) is 11.4 Å². The number of halogens is 2. The Balaban J connectivity index is 1.19. The van der Waals surface area contributed by atoms with Crippen molar-refractivity contribution in [2.45, 2.75) is 51.1 Å². The molecule has 232 valence electrons. The fourth-order valence-electron chi connectivity index (χ4n) is 6.19. The van der Waals surface area contributed by atoms with Gasteiger partial charge in [0.2, 0.25) is 5.91 Å². The lowest BCUT2D eigenvalue weighted by molar-refractivity contribution is -0.133. The number of likely N-dealkylation sites (tertiary alicyclic amines) is 1. The van der Waals surface area contributed by atoms with E-state index in [-0.39, 0.29) is 22.6 Å². The van der Waals surface area contributed by atoms with Crippen LogP contribution in [-0.2, 0) is 17.8 Å². The van der Waals surface area contributed by atoms with Crippen LogP contribution in [0.4, 0.5) is 10.1 Å². The number of nitrogens with one attached hydrogen (secondary N) is 1. The molecule has 2 amide bonds. The Bertz CT molecular complexity index is 1790. The van der Waals surface area contributed by atoms with E-state index in [1.54, 1.807) is 12.1 Å². The molecule has 0 spiro atoms. The van der Waals surface area contributed by atoms with E-state index in [9.17, 15) is 18.8 Å². The topological polar surface area (TPSA) is 82.9 Å². The lowest BCUT2D eigenvalue weighted by atomic mass is 9.97. The Morgan fingerprint density at radius 1 is 0.956 bits per heavy atom. The van der Waals surface area contributed by atoms with Gasteiger partial charge in [0.25, 0.3) is 5.91 Å². The summed E-state index contributed by atoms with van der Waals surface area (Å²) >= 11 is 6.10. The van der Waals surface area contributed by atoms with Gasteiger partial charge in [-0.25, -0.2) is 4.39 Å². The average Bonchev–Trinajstić information content (AvgIpc) is 3.04. The number of carbonyl (C=O) groups is 2. The molecule has 1 atom stereocenters. The zero-order valence-electron chi connectivity index (χ0n) is 24.9. The SMILES string of the molecule is O=C(NC(C=C1CCN(c2ccccc2CN2CCCCC2=O)CC1)Cc1ccc(Cl)cc1)c1cc(=O)c2cccc(F)c2o1. The number of rotatable bonds is 8. The molecule has 4 aromatic rings. The van der Waals surface area contributed by atoms with Gasteiger partial charge in [-0.2, -0.15) is 0 Å². The van der Waals surface area contributed by atoms with Crippen LogP contribution in [0.25, 0.3) is 11.0 Å². The first-order chi connectivity index (χ1) is 21.8. The molecule has 6 rings (SSSR count). The monoisotopic (exact) mass is 627 g/mol. The third-order valence-corrected chi connectivity index (χ3v) is 8.83. The number of piperidine rings is 2. The van der Waals surface area contributed by atoms with Gasteiger partial charge in [-0.1, -0.05) is 59.6 Å². The lowest BCUT2D eigenvalue weighted by Gasteiger charge is -2.34. The van der Waals surface area contributed by atoms with Crippen LogP contribution < -0.4 is 15.6 Å². The molecule has 1 unspecified atom stereocenters. The van der Waals surface area contributed by atoms with Crippen molar-refractivity contribution in [2.75, 3.05) is 24.5 Å². The molecule has 1 aromatic heterocycles. The maximum absolute atomic E-state index is 14.4. The third kappa shape index (κ3) is 7.28. The molecule has 2 aliphatic rings. The van der Waals surface area contributed by atoms with Crippen molar-refractivity contribution in [1.29, 1.82) is 0 Å². The average molecular weight is 628 g/mol. The number of fused-ring (bicyclic) bond motifs is 1. The fourth-order valence-corrected chi connectivity index (χ4v) is 6.32. The molecule has 2 aliphatic heterocycles. The highest BCUT2D eigenvalue weighted by molar-refractivity contribution is 6.30. The van der Waals surface area contributed by atoms with Gasteiger partial charge in [0, 0.05) is 49.4 Å².